The molecule has 0 radical (unpaired) electrons. The first kappa shape index (κ1) is 26.5. The number of halogens is 1. The van der Waals surface area contributed by atoms with Gasteiger partial charge in [-0.2, -0.15) is 4.02 Å². The summed E-state index contributed by atoms with van der Waals surface area (Å²) in [7, 11) is 0. The molecule has 1 heterocycles. The number of ketones is 1. The lowest BCUT2D eigenvalue weighted by molar-refractivity contribution is 0.0959. The van der Waals surface area contributed by atoms with Crippen molar-refractivity contribution in [3.05, 3.63) is 64.7 Å². The lowest BCUT2D eigenvalue weighted by Gasteiger charge is -2.28. The van der Waals surface area contributed by atoms with Gasteiger partial charge in [0.15, 0.2) is 5.78 Å². The largest absolute Gasteiger partial charge is 0.507 e. The second kappa shape index (κ2) is 9.49. The number of phenols is 1. The van der Waals surface area contributed by atoms with E-state index >= 15 is 0 Å². The third-order valence-electron chi connectivity index (χ3n) is 6.93. The van der Waals surface area contributed by atoms with Gasteiger partial charge in [-0.3, -0.25) is 4.79 Å². The van der Waals surface area contributed by atoms with Crippen molar-refractivity contribution in [1.82, 2.24) is 4.90 Å². The van der Waals surface area contributed by atoms with Gasteiger partial charge in [0.1, 0.15) is 11.6 Å². The second-order valence-corrected chi connectivity index (χ2v) is 12.7. The molecule has 0 aromatic heterocycles. The van der Waals surface area contributed by atoms with Crippen molar-refractivity contribution >= 4 is 27.8 Å². The highest BCUT2D eigenvalue weighted by Gasteiger charge is 2.44. The summed E-state index contributed by atoms with van der Waals surface area (Å²) in [6, 6.07) is 14.2. The number of likely N-dealkylation sites (tertiary alicyclic amines) is 1. The summed E-state index contributed by atoms with van der Waals surface area (Å²) < 4.78 is 4.48. The Hall–Kier alpha value is -2.14. The van der Waals surface area contributed by atoms with Gasteiger partial charge in [0.05, 0.1) is 22.7 Å². The molecular formula is C29H39BrN2O2. The molecular weight excluding hydrogens is 488 g/mol. The Morgan fingerprint density at radius 2 is 1.59 bits per heavy atom. The smallest absolute Gasteiger partial charge is 0.182 e. The fraction of sp³-hybridized carbons (Fsp3) is 0.517. The fourth-order valence-corrected chi connectivity index (χ4v) is 5.39. The summed E-state index contributed by atoms with van der Waals surface area (Å²) in [5.41, 5.74) is 2.95. The van der Waals surface area contributed by atoms with Gasteiger partial charge in [0.2, 0.25) is 0 Å². The van der Waals surface area contributed by atoms with Crippen LogP contribution in [-0.2, 0) is 17.3 Å². The Morgan fingerprint density at radius 3 is 2.06 bits per heavy atom. The molecule has 0 spiro atoms. The Bertz CT molecular complexity index is 1040. The molecule has 0 amide bonds. The summed E-state index contributed by atoms with van der Waals surface area (Å²) in [6.45, 7) is 17.9. The molecule has 5 heteroatoms. The van der Waals surface area contributed by atoms with Crippen molar-refractivity contribution in [2.24, 2.45) is 15.4 Å². The van der Waals surface area contributed by atoms with Crippen molar-refractivity contribution in [2.75, 3.05) is 13.1 Å². The Morgan fingerprint density at radius 1 is 1.06 bits per heavy atom. The fourth-order valence-electron chi connectivity index (χ4n) is 4.92. The van der Waals surface area contributed by atoms with Gasteiger partial charge in [-0.25, -0.2) is 0 Å². The highest BCUT2D eigenvalue weighted by Crippen LogP contribution is 2.41. The monoisotopic (exact) mass is 526 g/mol. The molecule has 4 nitrogen and oxygen atoms in total. The maximum atomic E-state index is 13.6. The van der Waals surface area contributed by atoms with Crippen LogP contribution in [0, 0.1) is 11.3 Å². The van der Waals surface area contributed by atoms with Gasteiger partial charge in [-0.15, -0.1) is 0 Å². The van der Waals surface area contributed by atoms with E-state index in [9.17, 15) is 9.90 Å². The van der Waals surface area contributed by atoms with E-state index in [1.54, 1.807) is 0 Å². The van der Waals surface area contributed by atoms with Crippen LogP contribution < -0.4 is 0 Å². The first-order valence-corrected chi connectivity index (χ1v) is 12.7. The molecule has 1 aliphatic rings. The van der Waals surface area contributed by atoms with Crippen LogP contribution in [0.2, 0.25) is 0 Å². The molecule has 1 N–H and O–H groups in total. The molecule has 1 aliphatic heterocycles. The molecule has 34 heavy (non-hydrogen) atoms. The number of carbonyl (C=O) groups excluding carboxylic acids is 1. The number of Topliss-reactive ketones (excluding diaryl/α,β-unsaturated/α-hetero) is 1. The molecule has 2 aromatic carbocycles. The molecule has 1 fully saturated rings. The van der Waals surface area contributed by atoms with Crippen LogP contribution >= 0.6 is 16.1 Å². The van der Waals surface area contributed by atoms with E-state index in [2.05, 4.69) is 105 Å². The number of phenolic OH excluding ortho intramolecular Hbond substituents is 1. The quantitative estimate of drug-likeness (QED) is 0.423. The Balaban J connectivity index is 1.93. The minimum atomic E-state index is -0.279. The second-order valence-electron chi connectivity index (χ2n) is 12.4. The van der Waals surface area contributed by atoms with Crippen LogP contribution in [-0.4, -0.2) is 34.7 Å². The molecule has 1 saturated heterocycles. The van der Waals surface area contributed by atoms with E-state index in [1.807, 2.05) is 18.2 Å². The van der Waals surface area contributed by atoms with Gasteiger partial charge >= 0.3 is 0 Å². The molecule has 2 aromatic rings. The molecule has 1 unspecified atom stereocenters. The van der Waals surface area contributed by atoms with E-state index in [1.165, 1.54) is 5.56 Å². The first-order chi connectivity index (χ1) is 15.6. The first-order valence-electron chi connectivity index (χ1n) is 12.0. The summed E-state index contributed by atoms with van der Waals surface area (Å²) in [5.74, 6) is 1.47. The van der Waals surface area contributed by atoms with Crippen LogP contribution in [0.3, 0.4) is 0 Å². The molecule has 0 bridgehead atoms. The number of nitrogens with zero attached hydrogens (tertiary/aromatic N) is 2. The molecule has 1 atom stereocenters. The van der Waals surface area contributed by atoms with E-state index in [0.717, 1.165) is 29.9 Å². The summed E-state index contributed by atoms with van der Waals surface area (Å²) in [4.78, 5) is 15.7. The topological polar surface area (TPSA) is 52.9 Å². The van der Waals surface area contributed by atoms with E-state index in [0.29, 0.717) is 11.3 Å². The van der Waals surface area contributed by atoms with Crippen LogP contribution in [0.15, 0.2) is 46.5 Å². The van der Waals surface area contributed by atoms with Crippen molar-refractivity contribution in [1.29, 1.82) is 0 Å². The molecule has 0 saturated carbocycles. The number of carbonyl (C=O) groups is 1. The minimum absolute atomic E-state index is 0.0230. The zero-order valence-electron chi connectivity index (χ0n) is 21.9. The van der Waals surface area contributed by atoms with Gasteiger partial charge in [-0.05, 0) is 40.4 Å². The third-order valence-corrected chi connectivity index (χ3v) is 7.29. The van der Waals surface area contributed by atoms with E-state index < -0.39 is 0 Å². The van der Waals surface area contributed by atoms with Gasteiger partial charge in [-0.1, -0.05) is 85.7 Å². The number of aromatic hydroxyl groups is 1. The normalized spacial score (nSPS) is 19.6. The van der Waals surface area contributed by atoms with Crippen molar-refractivity contribution in [3.8, 4) is 5.75 Å². The van der Waals surface area contributed by atoms with Gasteiger partial charge < -0.3 is 10.0 Å². The maximum absolute atomic E-state index is 13.6. The predicted octanol–water partition coefficient (Wildman–Crippen LogP) is 7.08. The molecule has 184 valence electrons. The Kier molecular flexibility index (Phi) is 7.38. The summed E-state index contributed by atoms with van der Waals surface area (Å²) >= 11 is 3.36. The van der Waals surface area contributed by atoms with Crippen molar-refractivity contribution in [2.45, 2.75) is 72.6 Å². The lowest BCUT2D eigenvalue weighted by Crippen LogP contribution is -2.33. The maximum Gasteiger partial charge on any atom is 0.182 e. The zero-order valence-corrected chi connectivity index (χ0v) is 23.5. The molecule has 3 rings (SSSR count). The number of hydrogen-bond donors (Lipinski definition) is 1. The molecule has 0 aliphatic carbocycles. The van der Waals surface area contributed by atoms with E-state index in [-0.39, 0.29) is 34.5 Å². The SMILES string of the molecule is CC(C)(C)c1cc(C(=O)CN2CC(C)(C)C(Cc3ccccc3)/C2=N/Br)cc(C(C)(C)C)c1O. The average molecular weight is 528 g/mol. The van der Waals surface area contributed by atoms with Crippen LogP contribution in [0.25, 0.3) is 0 Å². The van der Waals surface area contributed by atoms with E-state index in [4.69, 9.17) is 0 Å². The van der Waals surface area contributed by atoms with Crippen molar-refractivity contribution < 1.29 is 9.90 Å². The highest BCUT2D eigenvalue weighted by molar-refractivity contribution is 9.08. The highest BCUT2D eigenvalue weighted by atomic mass is 79.9. The average Bonchev–Trinajstić information content (AvgIpc) is 2.95. The minimum Gasteiger partial charge on any atom is -0.507 e. The van der Waals surface area contributed by atoms with Crippen LogP contribution in [0.1, 0.15) is 82.4 Å². The van der Waals surface area contributed by atoms with Crippen LogP contribution in [0.4, 0.5) is 0 Å². The van der Waals surface area contributed by atoms with Gasteiger partial charge in [0.25, 0.3) is 0 Å². The van der Waals surface area contributed by atoms with Crippen molar-refractivity contribution in [3.63, 3.8) is 0 Å². The third kappa shape index (κ3) is 5.56. The number of rotatable bonds is 5. The number of benzene rings is 2. The summed E-state index contributed by atoms with van der Waals surface area (Å²) in [6.07, 6.45) is 0.879. The van der Waals surface area contributed by atoms with Crippen LogP contribution in [0.5, 0.6) is 5.75 Å². The Labute approximate surface area is 213 Å². The zero-order chi connectivity index (χ0) is 25.5. The lowest BCUT2D eigenvalue weighted by atomic mass is 9.78. The number of hydrogen-bond acceptors (Lipinski definition) is 3. The van der Waals surface area contributed by atoms with Gasteiger partial charge in [0, 0.05) is 29.2 Å². The predicted molar refractivity (Wildman–Crippen MR) is 145 cm³/mol. The number of amidine groups is 1. The summed E-state index contributed by atoms with van der Waals surface area (Å²) in [5, 5.41) is 11.0. The standard InChI is InChI=1S/C29H39BrN2O2/c1-27(2,3)21-15-20(16-22(25(21)34)28(4,5)6)24(33)17-32-18-29(7,8)23(26(32)31-30)14-19-12-10-9-11-13-19/h9-13,15-16,23,34H,14,17-18H2,1-8H3/b31-26-.